The second-order valence-corrected chi connectivity index (χ2v) is 6.49. The van der Waals surface area contributed by atoms with Crippen molar-refractivity contribution in [2.45, 2.75) is 25.3 Å². The van der Waals surface area contributed by atoms with Crippen LogP contribution in [0.2, 0.25) is 0 Å². The summed E-state index contributed by atoms with van der Waals surface area (Å²) in [5, 5.41) is 3.36. The molecule has 2 atom stereocenters. The van der Waals surface area contributed by atoms with Crippen LogP contribution >= 0.6 is 15.9 Å². The smallest absolute Gasteiger partial charge is 0.133 e. The number of benzene rings is 1. The van der Waals surface area contributed by atoms with Gasteiger partial charge in [-0.1, -0.05) is 12.5 Å². The number of hydrogen-bond acceptors (Lipinski definition) is 3. The van der Waals surface area contributed by atoms with Gasteiger partial charge >= 0.3 is 0 Å². The number of halogens is 1. The standard InChI is InChI=1S/C16H25BrN2O/c1-18-11-13-6-4-5-9-19(2)16(13)12-7-8-15(20-3)14(17)10-12/h7-8,10,13,16,18H,4-6,9,11H2,1-3H3. The van der Waals surface area contributed by atoms with Gasteiger partial charge < -0.3 is 10.1 Å². The molecule has 1 N–H and O–H groups in total. The predicted octanol–water partition coefficient (Wildman–Crippen LogP) is 3.45. The third kappa shape index (κ3) is 3.54. The molecule has 0 saturated carbocycles. The molecule has 112 valence electrons. The molecule has 3 nitrogen and oxygen atoms in total. The van der Waals surface area contributed by atoms with Crippen molar-refractivity contribution >= 4 is 15.9 Å². The van der Waals surface area contributed by atoms with Crippen LogP contribution < -0.4 is 10.1 Å². The molecule has 1 aromatic carbocycles. The maximum absolute atomic E-state index is 5.34. The SMILES string of the molecule is CNCC1CCCCN(C)C1c1ccc(OC)c(Br)c1. The summed E-state index contributed by atoms with van der Waals surface area (Å²) in [6, 6.07) is 6.97. The molecule has 0 amide bonds. The van der Waals surface area contributed by atoms with Crippen LogP contribution in [0.1, 0.15) is 30.9 Å². The molecule has 1 aromatic rings. The first-order valence-corrected chi connectivity index (χ1v) is 8.15. The molecule has 1 saturated heterocycles. The Morgan fingerprint density at radius 3 is 2.85 bits per heavy atom. The molecule has 0 spiro atoms. The number of methoxy groups -OCH3 is 1. The highest BCUT2D eigenvalue weighted by atomic mass is 79.9. The van der Waals surface area contributed by atoms with E-state index >= 15 is 0 Å². The maximum atomic E-state index is 5.34. The Kier molecular flexibility index (Phi) is 5.87. The molecular formula is C16H25BrN2O. The molecule has 0 bridgehead atoms. The summed E-state index contributed by atoms with van der Waals surface area (Å²) >= 11 is 3.61. The van der Waals surface area contributed by atoms with Crippen LogP contribution in [0.4, 0.5) is 0 Å². The van der Waals surface area contributed by atoms with Gasteiger partial charge in [0.05, 0.1) is 11.6 Å². The molecule has 4 heteroatoms. The van der Waals surface area contributed by atoms with Gasteiger partial charge in [0.15, 0.2) is 0 Å². The van der Waals surface area contributed by atoms with Gasteiger partial charge in [0, 0.05) is 6.04 Å². The van der Waals surface area contributed by atoms with E-state index < -0.39 is 0 Å². The fraction of sp³-hybridized carbons (Fsp3) is 0.625. The van der Waals surface area contributed by atoms with Crippen molar-refractivity contribution in [3.05, 3.63) is 28.2 Å². The largest absolute Gasteiger partial charge is 0.496 e. The molecule has 1 aliphatic rings. The minimum Gasteiger partial charge on any atom is -0.496 e. The van der Waals surface area contributed by atoms with Crippen molar-refractivity contribution in [3.63, 3.8) is 0 Å². The number of rotatable bonds is 4. The zero-order chi connectivity index (χ0) is 14.5. The number of hydrogen-bond donors (Lipinski definition) is 1. The lowest BCUT2D eigenvalue weighted by Crippen LogP contribution is -2.34. The first kappa shape index (κ1) is 15.8. The van der Waals surface area contributed by atoms with Crippen LogP contribution in [0.15, 0.2) is 22.7 Å². The van der Waals surface area contributed by atoms with E-state index in [9.17, 15) is 0 Å². The second kappa shape index (κ2) is 7.43. The summed E-state index contributed by atoms with van der Waals surface area (Å²) in [4.78, 5) is 2.50. The minimum atomic E-state index is 0.479. The summed E-state index contributed by atoms with van der Waals surface area (Å²) in [6.45, 7) is 2.24. The highest BCUT2D eigenvalue weighted by Crippen LogP contribution is 2.37. The number of ether oxygens (including phenoxy) is 1. The Morgan fingerprint density at radius 2 is 2.20 bits per heavy atom. The Bertz CT molecular complexity index is 438. The third-order valence-electron chi connectivity index (χ3n) is 4.24. The van der Waals surface area contributed by atoms with Gasteiger partial charge in [0.25, 0.3) is 0 Å². The van der Waals surface area contributed by atoms with Gasteiger partial charge in [-0.15, -0.1) is 0 Å². The van der Waals surface area contributed by atoms with Crippen molar-refractivity contribution in [1.82, 2.24) is 10.2 Å². The van der Waals surface area contributed by atoms with Crippen LogP contribution in [0.5, 0.6) is 5.75 Å². The molecule has 0 aromatic heterocycles. The van der Waals surface area contributed by atoms with Crippen LogP contribution in [0, 0.1) is 5.92 Å². The zero-order valence-corrected chi connectivity index (χ0v) is 14.2. The van der Waals surface area contributed by atoms with Crippen LogP contribution in [0.3, 0.4) is 0 Å². The van der Waals surface area contributed by atoms with Gasteiger partial charge in [0.2, 0.25) is 0 Å². The Morgan fingerprint density at radius 1 is 1.40 bits per heavy atom. The van der Waals surface area contributed by atoms with Crippen molar-refractivity contribution in [2.24, 2.45) is 5.92 Å². The van der Waals surface area contributed by atoms with E-state index in [1.807, 2.05) is 7.05 Å². The molecule has 1 aliphatic heterocycles. The summed E-state index contributed by atoms with van der Waals surface area (Å²) in [5.74, 6) is 1.56. The van der Waals surface area contributed by atoms with Gasteiger partial charge in [0.1, 0.15) is 5.75 Å². The second-order valence-electron chi connectivity index (χ2n) is 5.63. The fourth-order valence-corrected chi connectivity index (χ4v) is 3.85. The van der Waals surface area contributed by atoms with E-state index in [0.717, 1.165) is 16.8 Å². The quantitative estimate of drug-likeness (QED) is 0.908. The van der Waals surface area contributed by atoms with E-state index in [4.69, 9.17) is 4.74 Å². The van der Waals surface area contributed by atoms with Crippen LogP contribution in [0.25, 0.3) is 0 Å². The molecule has 1 heterocycles. The topological polar surface area (TPSA) is 24.5 Å². The lowest BCUT2D eigenvalue weighted by Gasteiger charge is -2.33. The summed E-state index contributed by atoms with van der Waals surface area (Å²) in [6.07, 6.45) is 3.91. The number of nitrogens with zero attached hydrogens (tertiary/aromatic N) is 1. The van der Waals surface area contributed by atoms with Gasteiger partial charge in [-0.05, 0) is 79.6 Å². The Labute approximate surface area is 130 Å². The van der Waals surface area contributed by atoms with Gasteiger partial charge in [-0.3, -0.25) is 4.90 Å². The lowest BCUT2D eigenvalue weighted by molar-refractivity contribution is 0.191. The lowest BCUT2D eigenvalue weighted by atomic mass is 9.89. The third-order valence-corrected chi connectivity index (χ3v) is 4.86. The monoisotopic (exact) mass is 340 g/mol. The van der Waals surface area contributed by atoms with Crippen molar-refractivity contribution in [2.75, 3.05) is 34.3 Å². The fourth-order valence-electron chi connectivity index (χ4n) is 3.29. The highest BCUT2D eigenvalue weighted by molar-refractivity contribution is 9.10. The molecule has 2 rings (SSSR count). The maximum Gasteiger partial charge on any atom is 0.133 e. The average Bonchev–Trinajstić information content (AvgIpc) is 2.61. The first-order chi connectivity index (χ1) is 9.67. The summed E-state index contributed by atoms with van der Waals surface area (Å²) in [7, 11) is 6.00. The predicted molar refractivity (Wildman–Crippen MR) is 87.3 cm³/mol. The molecular weight excluding hydrogens is 316 g/mol. The summed E-state index contributed by atoms with van der Waals surface area (Å²) in [5.41, 5.74) is 1.38. The molecule has 0 radical (unpaired) electrons. The van der Waals surface area contributed by atoms with E-state index in [1.54, 1.807) is 7.11 Å². The average molecular weight is 341 g/mol. The van der Waals surface area contributed by atoms with E-state index in [0.29, 0.717) is 12.0 Å². The highest BCUT2D eigenvalue weighted by Gasteiger charge is 2.28. The van der Waals surface area contributed by atoms with Crippen molar-refractivity contribution in [1.29, 1.82) is 0 Å². The minimum absolute atomic E-state index is 0.479. The van der Waals surface area contributed by atoms with E-state index in [2.05, 4.69) is 51.4 Å². The number of nitrogens with one attached hydrogen (secondary N) is 1. The van der Waals surface area contributed by atoms with Crippen LogP contribution in [-0.2, 0) is 0 Å². The van der Waals surface area contributed by atoms with E-state index in [-0.39, 0.29) is 0 Å². The van der Waals surface area contributed by atoms with Gasteiger partial charge in [-0.2, -0.15) is 0 Å². The number of likely N-dealkylation sites (tertiary alicyclic amines) is 1. The molecule has 2 unspecified atom stereocenters. The normalized spacial score (nSPS) is 24.4. The van der Waals surface area contributed by atoms with Crippen LogP contribution in [-0.4, -0.2) is 39.2 Å². The van der Waals surface area contributed by atoms with E-state index in [1.165, 1.54) is 31.4 Å². The van der Waals surface area contributed by atoms with Crippen molar-refractivity contribution < 1.29 is 4.74 Å². The molecule has 20 heavy (non-hydrogen) atoms. The van der Waals surface area contributed by atoms with Gasteiger partial charge in [-0.25, -0.2) is 0 Å². The molecule has 1 fully saturated rings. The Balaban J connectivity index is 2.31. The Hall–Kier alpha value is -0.580. The summed E-state index contributed by atoms with van der Waals surface area (Å²) < 4.78 is 6.38. The zero-order valence-electron chi connectivity index (χ0n) is 12.7. The van der Waals surface area contributed by atoms with Crippen molar-refractivity contribution in [3.8, 4) is 5.75 Å². The molecule has 0 aliphatic carbocycles. The first-order valence-electron chi connectivity index (χ1n) is 7.35.